The van der Waals surface area contributed by atoms with Crippen molar-refractivity contribution in [3.05, 3.63) is 78.2 Å². The molecule has 0 spiro atoms. The molecule has 1 fully saturated rings. The largest absolute Gasteiger partial charge is 0.399 e. The molecule has 0 atom stereocenters. The first kappa shape index (κ1) is 21.3. The number of anilines is 3. The van der Waals surface area contributed by atoms with Crippen molar-refractivity contribution in [2.45, 2.75) is 12.8 Å². The molecule has 3 heterocycles. The lowest BCUT2D eigenvalue weighted by molar-refractivity contribution is 0.0709. The Kier molecular flexibility index (Phi) is 6.60. The number of oxime groups is 1. The number of likely N-dealkylation sites (tertiary alicyclic amines) is 1. The molecule has 0 aliphatic carbocycles. The Labute approximate surface area is 187 Å². The normalized spacial score (nSPS) is 14.8. The molecule has 1 aliphatic heterocycles. The third kappa shape index (κ3) is 5.03. The van der Waals surface area contributed by atoms with E-state index in [1.807, 2.05) is 53.4 Å². The molecule has 1 aliphatic rings. The number of benzene rings is 1. The predicted molar refractivity (Wildman–Crippen MR) is 125 cm³/mol. The van der Waals surface area contributed by atoms with Crippen molar-refractivity contribution in [1.82, 2.24) is 14.9 Å². The number of aromatic nitrogens is 2. The summed E-state index contributed by atoms with van der Waals surface area (Å²) in [5, 5.41) is 7.49. The lowest BCUT2D eigenvalue weighted by Gasteiger charge is -2.32. The highest BCUT2D eigenvalue weighted by Crippen LogP contribution is 2.24. The van der Waals surface area contributed by atoms with Crippen molar-refractivity contribution in [1.29, 1.82) is 0 Å². The monoisotopic (exact) mass is 430 g/mol. The molecular weight excluding hydrogens is 404 g/mol. The number of hydrogen-bond donors (Lipinski definition) is 2. The Morgan fingerprint density at radius 3 is 2.50 bits per heavy atom. The number of nitrogens with two attached hydrogens (primary N) is 1. The Balaban J connectivity index is 1.37. The first-order valence-electron chi connectivity index (χ1n) is 10.5. The summed E-state index contributed by atoms with van der Waals surface area (Å²) < 4.78 is 0. The van der Waals surface area contributed by atoms with Gasteiger partial charge in [-0.3, -0.25) is 9.78 Å². The molecule has 164 valence electrons. The van der Waals surface area contributed by atoms with Gasteiger partial charge in [0.1, 0.15) is 18.6 Å². The average molecular weight is 431 g/mol. The molecular formula is C24H26N6O2. The summed E-state index contributed by atoms with van der Waals surface area (Å²) >= 11 is 0. The highest BCUT2D eigenvalue weighted by Gasteiger charge is 2.28. The van der Waals surface area contributed by atoms with E-state index >= 15 is 0 Å². The predicted octanol–water partition coefficient (Wildman–Crippen LogP) is 3.71. The van der Waals surface area contributed by atoms with Crippen LogP contribution in [0.25, 0.3) is 0 Å². The first-order chi connectivity index (χ1) is 15.6. The standard InChI is InChI=1S/C24H26N6O2/c1-32-29-23(21-4-2-3-12-26-21)17-10-14-30(15-11-17)24(31)18-5-7-19(8-6-18)28-20-9-13-27-22(25)16-20/h2-9,12-13,16-17H,10-11,14-15H2,1H3,(H3,25,27,28). The van der Waals surface area contributed by atoms with Gasteiger partial charge in [0.15, 0.2) is 0 Å². The van der Waals surface area contributed by atoms with E-state index in [2.05, 4.69) is 20.4 Å². The van der Waals surface area contributed by atoms with Crippen molar-refractivity contribution >= 4 is 28.8 Å². The smallest absolute Gasteiger partial charge is 0.253 e. The lowest BCUT2D eigenvalue weighted by atomic mass is 9.89. The van der Waals surface area contributed by atoms with Crippen molar-refractivity contribution in [3.8, 4) is 0 Å². The number of nitrogen functional groups attached to an aromatic ring is 1. The van der Waals surface area contributed by atoms with Crippen LogP contribution in [0.5, 0.6) is 0 Å². The lowest BCUT2D eigenvalue weighted by Crippen LogP contribution is -2.40. The Bertz CT molecular complexity index is 1080. The quantitative estimate of drug-likeness (QED) is 0.456. The summed E-state index contributed by atoms with van der Waals surface area (Å²) in [5.41, 5.74) is 9.77. The molecule has 3 N–H and O–H groups in total. The van der Waals surface area contributed by atoms with Crippen LogP contribution >= 0.6 is 0 Å². The number of rotatable bonds is 6. The number of carbonyl (C=O) groups is 1. The number of pyridine rings is 2. The fourth-order valence-electron chi connectivity index (χ4n) is 3.87. The zero-order valence-electron chi connectivity index (χ0n) is 17.9. The van der Waals surface area contributed by atoms with Crippen LogP contribution in [0.2, 0.25) is 0 Å². The summed E-state index contributed by atoms with van der Waals surface area (Å²) in [4.78, 5) is 28.4. The molecule has 0 radical (unpaired) electrons. The van der Waals surface area contributed by atoms with Crippen LogP contribution in [0.3, 0.4) is 0 Å². The molecule has 1 amide bonds. The first-order valence-corrected chi connectivity index (χ1v) is 10.5. The van der Waals surface area contributed by atoms with Crippen LogP contribution in [-0.4, -0.2) is 46.7 Å². The van der Waals surface area contributed by atoms with Crippen molar-refractivity contribution in [2.24, 2.45) is 11.1 Å². The van der Waals surface area contributed by atoms with Gasteiger partial charge in [-0.1, -0.05) is 11.2 Å². The fourth-order valence-corrected chi connectivity index (χ4v) is 3.87. The van der Waals surface area contributed by atoms with Crippen LogP contribution in [-0.2, 0) is 4.84 Å². The van der Waals surface area contributed by atoms with Gasteiger partial charge < -0.3 is 20.8 Å². The SMILES string of the molecule is CON=C(c1ccccn1)C1CCN(C(=O)c2ccc(Nc3ccnc(N)c3)cc2)CC1. The van der Waals surface area contributed by atoms with Gasteiger partial charge in [-0.15, -0.1) is 0 Å². The van der Waals surface area contributed by atoms with Gasteiger partial charge in [-0.05, 0) is 55.3 Å². The van der Waals surface area contributed by atoms with Crippen molar-refractivity contribution < 1.29 is 9.63 Å². The van der Waals surface area contributed by atoms with Gasteiger partial charge in [0.25, 0.3) is 5.91 Å². The molecule has 4 rings (SSSR count). The molecule has 0 saturated carbocycles. The molecule has 8 heteroatoms. The Hall–Kier alpha value is -3.94. The van der Waals surface area contributed by atoms with Gasteiger partial charge >= 0.3 is 0 Å². The number of amides is 1. The topological polar surface area (TPSA) is 106 Å². The molecule has 8 nitrogen and oxygen atoms in total. The zero-order chi connectivity index (χ0) is 22.3. The number of carbonyl (C=O) groups excluding carboxylic acids is 1. The van der Waals surface area contributed by atoms with E-state index in [1.54, 1.807) is 25.6 Å². The summed E-state index contributed by atoms with van der Waals surface area (Å²) in [5.74, 6) is 0.687. The van der Waals surface area contributed by atoms with Crippen molar-refractivity contribution in [2.75, 3.05) is 31.2 Å². The summed E-state index contributed by atoms with van der Waals surface area (Å²) in [6.07, 6.45) is 5.03. The van der Waals surface area contributed by atoms with E-state index in [0.29, 0.717) is 24.5 Å². The molecule has 0 unspecified atom stereocenters. The number of nitrogens with zero attached hydrogens (tertiary/aromatic N) is 4. The molecule has 2 aromatic heterocycles. The minimum atomic E-state index is 0.0335. The van der Waals surface area contributed by atoms with E-state index in [4.69, 9.17) is 10.6 Å². The van der Waals surface area contributed by atoms with E-state index in [0.717, 1.165) is 35.6 Å². The molecule has 32 heavy (non-hydrogen) atoms. The third-order valence-electron chi connectivity index (χ3n) is 5.49. The minimum Gasteiger partial charge on any atom is -0.399 e. The number of piperidine rings is 1. The molecule has 1 saturated heterocycles. The van der Waals surface area contributed by atoms with Crippen LogP contribution in [0.15, 0.2) is 72.1 Å². The van der Waals surface area contributed by atoms with E-state index < -0.39 is 0 Å². The maximum Gasteiger partial charge on any atom is 0.253 e. The summed E-state index contributed by atoms with van der Waals surface area (Å²) in [6.45, 7) is 1.32. The van der Waals surface area contributed by atoms with Crippen LogP contribution in [0.1, 0.15) is 28.9 Å². The van der Waals surface area contributed by atoms with Gasteiger partial charge in [-0.2, -0.15) is 0 Å². The Morgan fingerprint density at radius 2 is 1.84 bits per heavy atom. The second kappa shape index (κ2) is 9.91. The zero-order valence-corrected chi connectivity index (χ0v) is 17.9. The summed E-state index contributed by atoms with van der Waals surface area (Å²) in [7, 11) is 1.55. The highest BCUT2D eigenvalue weighted by molar-refractivity contribution is 6.00. The fraction of sp³-hybridized carbons (Fsp3) is 0.250. The Morgan fingerprint density at radius 1 is 1.06 bits per heavy atom. The second-order valence-electron chi connectivity index (χ2n) is 7.61. The van der Waals surface area contributed by atoms with Crippen LogP contribution < -0.4 is 11.1 Å². The highest BCUT2D eigenvalue weighted by atomic mass is 16.6. The average Bonchev–Trinajstić information content (AvgIpc) is 2.83. The van der Waals surface area contributed by atoms with Gasteiger partial charge in [-0.25, -0.2) is 4.98 Å². The van der Waals surface area contributed by atoms with Gasteiger partial charge in [0, 0.05) is 54.4 Å². The van der Waals surface area contributed by atoms with Gasteiger partial charge in [0.05, 0.1) is 5.69 Å². The summed E-state index contributed by atoms with van der Waals surface area (Å²) in [6, 6.07) is 16.8. The third-order valence-corrected chi connectivity index (χ3v) is 5.49. The number of hydrogen-bond acceptors (Lipinski definition) is 7. The van der Waals surface area contributed by atoms with Crippen molar-refractivity contribution in [3.63, 3.8) is 0 Å². The van der Waals surface area contributed by atoms with E-state index in [9.17, 15) is 4.79 Å². The second-order valence-corrected chi connectivity index (χ2v) is 7.61. The van der Waals surface area contributed by atoms with E-state index in [-0.39, 0.29) is 11.8 Å². The van der Waals surface area contributed by atoms with Gasteiger partial charge in [0.2, 0.25) is 0 Å². The number of nitrogens with one attached hydrogen (secondary N) is 1. The maximum absolute atomic E-state index is 13.0. The molecule has 3 aromatic rings. The van der Waals surface area contributed by atoms with Crippen LogP contribution in [0.4, 0.5) is 17.2 Å². The molecule has 1 aromatic carbocycles. The molecule has 0 bridgehead atoms. The van der Waals surface area contributed by atoms with Crippen LogP contribution in [0, 0.1) is 5.92 Å². The van der Waals surface area contributed by atoms with E-state index in [1.165, 1.54) is 0 Å². The minimum absolute atomic E-state index is 0.0335. The maximum atomic E-state index is 13.0.